The molecule has 27 heavy (non-hydrogen) atoms. The Morgan fingerprint density at radius 2 is 1.41 bits per heavy atom. The number of Topliss-reactive ketones (excluding diaryl/α,β-unsaturated/α-hetero) is 1. The molecule has 0 unspecified atom stereocenters. The number of carbonyl (C=O) groups excluding carboxylic acids is 2. The SMILES string of the molecule is CC(C)COCCCCOCCCNC(=O)C1CCC(C(=O)C(C)C)CC1. The summed E-state index contributed by atoms with van der Waals surface area (Å²) < 4.78 is 11.1. The van der Waals surface area contributed by atoms with Gasteiger partial charge in [0.15, 0.2) is 0 Å². The van der Waals surface area contributed by atoms with Crippen molar-refractivity contribution in [3.05, 3.63) is 0 Å². The lowest BCUT2D eigenvalue weighted by Crippen LogP contribution is -2.35. The van der Waals surface area contributed by atoms with Crippen LogP contribution in [0.2, 0.25) is 0 Å². The van der Waals surface area contributed by atoms with Crippen LogP contribution in [0.1, 0.15) is 72.6 Å². The molecule has 0 heterocycles. The van der Waals surface area contributed by atoms with Gasteiger partial charge < -0.3 is 14.8 Å². The third-order valence-corrected chi connectivity index (χ3v) is 5.11. The molecular formula is C22H41NO4. The molecule has 0 aromatic carbocycles. The summed E-state index contributed by atoms with van der Waals surface area (Å²) in [7, 11) is 0. The Labute approximate surface area is 165 Å². The molecule has 1 fully saturated rings. The topological polar surface area (TPSA) is 64.6 Å². The number of amides is 1. The summed E-state index contributed by atoms with van der Waals surface area (Å²) in [5.41, 5.74) is 0. The standard InChI is InChI=1S/C22H41NO4/c1-17(2)16-27-14-6-5-13-26-15-7-12-23-22(25)20-10-8-19(9-11-20)21(24)18(3)4/h17-20H,5-16H2,1-4H3,(H,23,25). The molecule has 1 rings (SSSR count). The molecule has 1 aliphatic carbocycles. The molecule has 5 nitrogen and oxygen atoms in total. The molecule has 0 aromatic heterocycles. The van der Waals surface area contributed by atoms with E-state index < -0.39 is 0 Å². The van der Waals surface area contributed by atoms with Crippen molar-refractivity contribution in [1.29, 1.82) is 0 Å². The number of ether oxygens (including phenoxy) is 2. The quantitative estimate of drug-likeness (QED) is 0.461. The molecule has 5 heteroatoms. The Morgan fingerprint density at radius 3 is 2.00 bits per heavy atom. The molecule has 0 aromatic rings. The summed E-state index contributed by atoms with van der Waals surface area (Å²) in [6.45, 7) is 12.0. The molecule has 1 amide bonds. The van der Waals surface area contributed by atoms with Gasteiger partial charge in [-0.25, -0.2) is 0 Å². The molecule has 0 atom stereocenters. The minimum absolute atomic E-state index is 0.0768. The van der Waals surface area contributed by atoms with Gasteiger partial charge in [0.25, 0.3) is 0 Å². The number of rotatable bonds is 14. The maximum atomic E-state index is 12.2. The predicted molar refractivity (Wildman–Crippen MR) is 109 cm³/mol. The maximum Gasteiger partial charge on any atom is 0.223 e. The number of unbranched alkanes of at least 4 members (excludes halogenated alkanes) is 1. The summed E-state index contributed by atoms with van der Waals surface area (Å²) >= 11 is 0. The van der Waals surface area contributed by atoms with Crippen LogP contribution in [0.5, 0.6) is 0 Å². The number of nitrogens with one attached hydrogen (secondary N) is 1. The van der Waals surface area contributed by atoms with E-state index in [1.807, 2.05) is 13.8 Å². The molecule has 158 valence electrons. The summed E-state index contributed by atoms with van der Waals surface area (Å²) in [6.07, 6.45) is 6.29. The fourth-order valence-corrected chi connectivity index (χ4v) is 3.47. The minimum atomic E-state index is 0.0768. The van der Waals surface area contributed by atoms with Gasteiger partial charge in [-0.2, -0.15) is 0 Å². The molecule has 0 spiro atoms. The first-order valence-electron chi connectivity index (χ1n) is 10.9. The lowest BCUT2D eigenvalue weighted by molar-refractivity contribution is -0.130. The zero-order valence-corrected chi connectivity index (χ0v) is 17.9. The number of ketones is 1. The van der Waals surface area contributed by atoms with Crippen LogP contribution < -0.4 is 5.32 Å². The average molecular weight is 384 g/mol. The third-order valence-electron chi connectivity index (χ3n) is 5.11. The van der Waals surface area contributed by atoms with Crippen molar-refractivity contribution in [3.8, 4) is 0 Å². The van der Waals surface area contributed by atoms with E-state index >= 15 is 0 Å². The molecule has 0 radical (unpaired) electrons. The van der Waals surface area contributed by atoms with E-state index in [1.165, 1.54) is 0 Å². The highest BCUT2D eigenvalue weighted by atomic mass is 16.5. The van der Waals surface area contributed by atoms with E-state index in [-0.39, 0.29) is 23.7 Å². The largest absolute Gasteiger partial charge is 0.381 e. The van der Waals surface area contributed by atoms with Crippen molar-refractivity contribution >= 4 is 11.7 Å². The monoisotopic (exact) mass is 383 g/mol. The van der Waals surface area contributed by atoms with Crippen molar-refractivity contribution in [3.63, 3.8) is 0 Å². The Hall–Kier alpha value is -0.940. The van der Waals surface area contributed by atoms with Crippen molar-refractivity contribution < 1.29 is 19.1 Å². The van der Waals surface area contributed by atoms with Gasteiger partial charge in [-0.3, -0.25) is 9.59 Å². The first kappa shape index (κ1) is 24.1. The fraction of sp³-hybridized carbons (Fsp3) is 0.909. The van der Waals surface area contributed by atoms with Crippen LogP contribution in [-0.4, -0.2) is 44.7 Å². The zero-order valence-electron chi connectivity index (χ0n) is 17.9. The molecule has 1 saturated carbocycles. The number of carbonyl (C=O) groups is 2. The van der Waals surface area contributed by atoms with Gasteiger partial charge in [0.2, 0.25) is 5.91 Å². The third kappa shape index (κ3) is 10.8. The van der Waals surface area contributed by atoms with Crippen LogP contribution >= 0.6 is 0 Å². The van der Waals surface area contributed by atoms with E-state index in [2.05, 4.69) is 19.2 Å². The Balaban J connectivity index is 1.95. The summed E-state index contributed by atoms with van der Waals surface area (Å²) in [4.78, 5) is 24.3. The predicted octanol–water partition coefficient (Wildman–Crippen LogP) is 3.99. The number of hydrogen-bond donors (Lipinski definition) is 1. The van der Waals surface area contributed by atoms with Crippen LogP contribution in [0.25, 0.3) is 0 Å². The molecule has 0 saturated heterocycles. The Bertz CT molecular complexity index is 415. The van der Waals surface area contributed by atoms with E-state index in [0.717, 1.165) is 64.8 Å². The maximum absolute atomic E-state index is 12.2. The van der Waals surface area contributed by atoms with Gasteiger partial charge in [-0.1, -0.05) is 27.7 Å². The van der Waals surface area contributed by atoms with Crippen LogP contribution in [0, 0.1) is 23.7 Å². The molecule has 1 aliphatic rings. The second kappa shape index (κ2) is 14.1. The van der Waals surface area contributed by atoms with Gasteiger partial charge in [0, 0.05) is 50.7 Å². The van der Waals surface area contributed by atoms with Crippen molar-refractivity contribution in [2.75, 3.05) is 33.0 Å². The second-order valence-electron chi connectivity index (χ2n) is 8.54. The van der Waals surface area contributed by atoms with Gasteiger partial charge in [-0.05, 0) is 50.9 Å². The van der Waals surface area contributed by atoms with Gasteiger partial charge >= 0.3 is 0 Å². The highest BCUT2D eigenvalue weighted by Gasteiger charge is 2.30. The smallest absolute Gasteiger partial charge is 0.223 e. The van der Waals surface area contributed by atoms with Crippen LogP contribution in [0.3, 0.4) is 0 Å². The van der Waals surface area contributed by atoms with E-state index in [9.17, 15) is 9.59 Å². The van der Waals surface area contributed by atoms with E-state index in [4.69, 9.17) is 9.47 Å². The average Bonchev–Trinajstić information content (AvgIpc) is 2.65. The number of hydrogen-bond acceptors (Lipinski definition) is 4. The molecule has 0 aliphatic heterocycles. The van der Waals surface area contributed by atoms with E-state index in [0.29, 0.717) is 24.9 Å². The van der Waals surface area contributed by atoms with Gasteiger partial charge in [0.05, 0.1) is 0 Å². The van der Waals surface area contributed by atoms with E-state index in [1.54, 1.807) is 0 Å². The lowest BCUT2D eigenvalue weighted by Gasteiger charge is -2.27. The van der Waals surface area contributed by atoms with Crippen LogP contribution in [-0.2, 0) is 19.1 Å². The van der Waals surface area contributed by atoms with Gasteiger partial charge in [-0.15, -0.1) is 0 Å². The van der Waals surface area contributed by atoms with Gasteiger partial charge in [0.1, 0.15) is 5.78 Å². The molecule has 1 N–H and O–H groups in total. The van der Waals surface area contributed by atoms with Crippen LogP contribution in [0.4, 0.5) is 0 Å². The normalized spacial score (nSPS) is 20.2. The van der Waals surface area contributed by atoms with Crippen molar-refractivity contribution in [2.24, 2.45) is 23.7 Å². The van der Waals surface area contributed by atoms with Crippen molar-refractivity contribution in [1.82, 2.24) is 5.32 Å². The summed E-state index contributed by atoms with van der Waals surface area (Å²) in [6, 6.07) is 0. The highest BCUT2D eigenvalue weighted by molar-refractivity contribution is 5.83. The Morgan fingerprint density at radius 1 is 0.852 bits per heavy atom. The summed E-state index contributed by atoms with van der Waals surface area (Å²) in [5.74, 6) is 1.44. The molecule has 0 bridgehead atoms. The molecular weight excluding hydrogens is 342 g/mol. The lowest BCUT2D eigenvalue weighted by atomic mass is 9.77. The fourth-order valence-electron chi connectivity index (χ4n) is 3.47. The second-order valence-corrected chi connectivity index (χ2v) is 8.54. The first-order valence-corrected chi connectivity index (χ1v) is 10.9. The highest BCUT2D eigenvalue weighted by Crippen LogP contribution is 2.31. The minimum Gasteiger partial charge on any atom is -0.381 e. The first-order chi connectivity index (χ1) is 12.9. The summed E-state index contributed by atoms with van der Waals surface area (Å²) in [5, 5.41) is 3.02. The van der Waals surface area contributed by atoms with Crippen molar-refractivity contribution in [2.45, 2.75) is 72.6 Å². The zero-order chi connectivity index (χ0) is 20.1. The Kier molecular flexibility index (Phi) is 12.6. The van der Waals surface area contributed by atoms with Crippen LogP contribution in [0.15, 0.2) is 0 Å².